The van der Waals surface area contributed by atoms with Crippen LogP contribution >= 0.6 is 0 Å². The number of aliphatic imine (C=N–C) groups is 4. The molecule has 0 spiro atoms. The third-order valence-electron chi connectivity index (χ3n) is 9.76. The molecular formula is C36H36N4O6. The van der Waals surface area contributed by atoms with E-state index in [-0.39, 0.29) is 35.6 Å². The molecule has 5 heterocycles. The molecule has 0 amide bonds. The Morgan fingerprint density at radius 3 is 2.26 bits per heavy atom. The van der Waals surface area contributed by atoms with Crippen molar-refractivity contribution in [3.63, 3.8) is 0 Å². The van der Waals surface area contributed by atoms with E-state index in [1.807, 2.05) is 39.0 Å². The predicted molar refractivity (Wildman–Crippen MR) is 175 cm³/mol. The van der Waals surface area contributed by atoms with E-state index in [0.29, 0.717) is 40.5 Å². The first kappa shape index (κ1) is 31.2. The van der Waals surface area contributed by atoms with Gasteiger partial charge in [-0.3, -0.25) is 14.6 Å². The topological polar surface area (TPSA) is 139 Å². The zero-order valence-corrected chi connectivity index (χ0v) is 27.1. The summed E-state index contributed by atoms with van der Waals surface area (Å²) in [5.41, 5.74) is 6.28. The highest BCUT2D eigenvalue weighted by atomic mass is 16.5. The quantitative estimate of drug-likeness (QED) is 0.329. The molecule has 0 radical (unpaired) electrons. The molecule has 0 aromatic carbocycles. The van der Waals surface area contributed by atoms with Gasteiger partial charge >= 0.3 is 11.9 Å². The smallest absolute Gasteiger partial charge is 0.351 e. The summed E-state index contributed by atoms with van der Waals surface area (Å²) in [6.45, 7) is 13.8. The van der Waals surface area contributed by atoms with Crippen molar-refractivity contribution in [3.8, 4) is 0 Å². The molecule has 6 aliphatic rings. The number of allylic oxidation sites excluding steroid dienone is 10. The first-order chi connectivity index (χ1) is 21.9. The Kier molecular flexibility index (Phi) is 7.59. The van der Waals surface area contributed by atoms with E-state index in [1.54, 1.807) is 13.0 Å². The summed E-state index contributed by atoms with van der Waals surface area (Å²) in [6.07, 6.45) is 8.52. The number of ether oxygens (including phenoxy) is 2. The molecule has 3 atom stereocenters. The van der Waals surface area contributed by atoms with Crippen molar-refractivity contribution in [2.75, 3.05) is 14.2 Å². The minimum Gasteiger partial charge on any atom is -0.469 e. The van der Waals surface area contributed by atoms with Gasteiger partial charge in [-0.1, -0.05) is 26.5 Å². The van der Waals surface area contributed by atoms with Crippen molar-refractivity contribution < 1.29 is 29.0 Å². The first-order valence-electron chi connectivity index (χ1n) is 15.3. The monoisotopic (exact) mass is 620 g/mol. The molecule has 5 aliphatic heterocycles. The van der Waals surface area contributed by atoms with E-state index in [4.69, 9.17) is 29.4 Å². The lowest BCUT2D eigenvalue weighted by molar-refractivity contribution is -0.161. The van der Waals surface area contributed by atoms with Gasteiger partial charge < -0.3 is 14.6 Å². The Balaban J connectivity index is 1.71. The third-order valence-corrected chi connectivity index (χ3v) is 9.76. The van der Waals surface area contributed by atoms with Crippen LogP contribution in [0.15, 0.2) is 113 Å². The number of ketones is 1. The van der Waals surface area contributed by atoms with Gasteiger partial charge in [-0.15, -0.1) is 0 Å². The number of rotatable bonds is 6. The molecule has 0 aromatic rings. The van der Waals surface area contributed by atoms with Gasteiger partial charge in [-0.25, -0.2) is 19.8 Å². The van der Waals surface area contributed by atoms with Crippen LogP contribution in [0.1, 0.15) is 53.9 Å². The van der Waals surface area contributed by atoms with Gasteiger partial charge in [0.1, 0.15) is 0 Å². The highest BCUT2D eigenvalue weighted by Gasteiger charge is 2.62. The highest BCUT2D eigenvalue weighted by molar-refractivity contribution is 6.46. The lowest BCUT2D eigenvalue weighted by Crippen LogP contribution is -2.46. The maximum Gasteiger partial charge on any atom is 0.351 e. The number of carbonyl (C=O) groups is 3. The average Bonchev–Trinajstić information content (AvgIpc) is 3.76. The van der Waals surface area contributed by atoms with Gasteiger partial charge in [0.2, 0.25) is 5.78 Å². The molecule has 10 nitrogen and oxygen atoms in total. The summed E-state index contributed by atoms with van der Waals surface area (Å²) in [4.78, 5) is 59.5. The molecule has 0 unspecified atom stereocenters. The number of esters is 2. The highest BCUT2D eigenvalue weighted by Crippen LogP contribution is 2.49. The Hall–Kier alpha value is -4.83. The predicted octanol–water partition coefficient (Wildman–Crippen LogP) is 4.96. The Labute approximate surface area is 267 Å². The average molecular weight is 621 g/mol. The van der Waals surface area contributed by atoms with E-state index >= 15 is 0 Å². The lowest BCUT2D eigenvalue weighted by atomic mass is 9.82. The van der Waals surface area contributed by atoms with Gasteiger partial charge in [-0.2, -0.15) is 0 Å². The van der Waals surface area contributed by atoms with Gasteiger partial charge in [0.05, 0.1) is 65.3 Å². The number of aliphatic hydroxyl groups is 1. The molecule has 46 heavy (non-hydrogen) atoms. The first-order valence-corrected chi connectivity index (χ1v) is 15.3. The minimum absolute atomic E-state index is 0.0182. The molecule has 8 bridgehead atoms. The Bertz CT molecular complexity index is 1920. The van der Waals surface area contributed by atoms with E-state index in [9.17, 15) is 19.5 Å². The van der Waals surface area contributed by atoms with Crippen LogP contribution in [0.2, 0.25) is 0 Å². The number of fused-ring (bicyclic) bond motifs is 4. The molecular weight excluding hydrogens is 584 g/mol. The normalized spacial score (nSPS) is 26.6. The van der Waals surface area contributed by atoms with Crippen LogP contribution in [0.4, 0.5) is 0 Å². The van der Waals surface area contributed by atoms with Crippen LogP contribution in [0.5, 0.6) is 0 Å². The molecule has 1 aliphatic carbocycles. The number of nitrogens with zero attached hydrogens (tertiary/aromatic N) is 4. The number of Topliss-reactive ketones (excluding diaryl/α,β-unsaturated/α-hetero) is 1. The second kappa shape index (κ2) is 11.2. The van der Waals surface area contributed by atoms with Crippen LogP contribution in [-0.4, -0.2) is 65.5 Å². The zero-order valence-electron chi connectivity index (χ0n) is 27.1. The van der Waals surface area contributed by atoms with Gasteiger partial charge in [-0.05, 0) is 74.1 Å². The molecule has 0 aromatic heterocycles. The molecule has 236 valence electrons. The maximum absolute atomic E-state index is 14.1. The maximum atomic E-state index is 14.1. The molecule has 1 saturated carbocycles. The van der Waals surface area contributed by atoms with Crippen molar-refractivity contribution in [3.05, 3.63) is 92.7 Å². The Morgan fingerprint density at radius 2 is 1.61 bits per heavy atom. The summed E-state index contributed by atoms with van der Waals surface area (Å²) < 4.78 is 9.93. The van der Waals surface area contributed by atoms with Gasteiger partial charge in [0, 0.05) is 29.5 Å². The van der Waals surface area contributed by atoms with Crippen LogP contribution in [0, 0.1) is 11.8 Å². The van der Waals surface area contributed by atoms with Crippen molar-refractivity contribution in [1.82, 2.24) is 0 Å². The SMILES string of the molecule is C=CC1=C(C)C2=CC3=NC(=C4C5=NC(=CC6=NC(=CC1=N2)C(C)=C6CC)C(C)=C5C(=O)[C@]4(O)C(=O)OC)[C@@H](CCC(=O)OC)[C@@H]3C. The van der Waals surface area contributed by atoms with Crippen molar-refractivity contribution >= 4 is 40.6 Å². The fourth-order valence-corrected chi connectivity index (χ4v) is 7.06. The number of methoxy groups -OCH3 is 2. The molecule has 6 rings (SSSR count). The summed E-state index contributed by atoms with van der Waals surface area (Å²) in [7, 11) is 2.44. The van der Waals surface area contributed by atoms with Crippen molar-refractivity contribution in [2.24, 2.45) is 31.8 Å². The summed E-state index contributed by atoms with van der Waals surface area (Å²) in [5.74, 6) is -3.11. The number of hydrogen-bond acceptors (Lipinski definition) is 10. The summed E-state index contributed by atoms with van der Waals surface area (Å²) >= 11 is 0. The van der Waals surface area contributed by atoms with Crippen molar-refractivity contribution in [2.45, 2.75) is 59.5 Å². The fourth-order valence-electron chi connectivity index (χ4n) is 7.06. The lowest BCUT2D eigenvalue weighted by Gasteiger charge is -2.24. The summed E-state index contributed by atoms with van der Waals surface area (Å²) in [6, 6.07) is 0. The van der Waals surface area contributed by atoms with Crippen LogP contribution in [0.3, 0.4) is 0 Å². The van der Waals surface area contributed by atoms with E-state index < -0.39 is 29.2 Å². The van der Waals surface area contributed by atoms with Crippen LogP contribution < -0.4 is 0 Å². The largest absolute Gasteiger partial charge is 0.469 e. The van der Waals surface area contributed by atoms with Crippen molar-refractivity contribution in [1.29, 1.82) is 0 Å². The minimum atomic E-state index is -2.66. The van der Waals surface area contributed by atoms with Gasteiger partial charge in [0.15, 0.2) is 0 Å². The molecule has 1 fully saturated rings. The standard InChI is InChI=1S/C36H36N4O6/c1-9-20-16(3)23-13-25-18(5)22(11-12-29(41)45-7)32(39-25)31-33-30(34(42)36(31,44)35(43)46-8)19(6)26(40-33)15-28-21(10-2)17(4)24(38-28)14-27(20)37-23/h9,13-15,18,22,44H,1,10-12H2,2-8H3/t18-,22-,36-/m0/s1. The van der Waals surface area contributed by atoms with E-state index in [2.05, 4.69) is 13.5 Å². The van der Waals surface area contributed by atoms with E-state index in [1.165, 1.54) is 7.11 Å². The second-order valence-corrected chi connectivity index (χ2v) is 12.1. The zero-order chi connectivity index (χ0) is 33.2. The van der Waals surface area contributed by atoms with E-state index in [0.717, 1.165) is 40.8 Å². The number of hydrogen-bond donors (Lipinski definition) is 1. The molecule has 1 N–H and O–H groups in total. The summed E-state index contributed by atoms with van der Waals surface area (Å²) in [5, 5.41) is 12.0. The van der Waals surface area contributed by atoms with Gasteiger partial charge in [0.25, 0.3) is 5.60 Å². The number of carbonyl (C=O) groups excluding carboxylic acids is 3. The van der Waals surface area contributed by atoms with Crippen LogP contribution in [-0.2, 0) is 23.9 Å². The Morgan fingerprint density at radius 1 is 0.957 bits per heavy atom. The molecule has 0 saturated heterocycles. The fraction of sp³-hybridized carbons (Fsp3) is 0.361. The second-order valence-electron chi connectivity index (χ2n) is 12.1. The third kappa shape index (κ3) is 4.38. The molecule has 10 heteroatoms. The van der Waals surface area contributed by atoms with Crippen LogP contribution in [0.25, 0.3) is 0 Å².